The van der Waals surface area contributed by atoms with Crippen LogP contribution >= 0.6 is 0 Å². The SMILES string of the molecule is [2H]c1c([2H])c([2H])c(-c2cccc(-c3c([2H])c([2H])c([2H])c([2H])c3[2H])c2-[n+]2[c-]n(-c3cccc(Oc4ccc5c6ccccc6n(-c6cc(C([2H])(C)C(C)(C)C)ccn6)c5c4)c3)cc2)c([2H])c1[2H]. The lowest BCUT2D eigenvalue weighted by atomic mass is 9.78. The Bertz CT molecular complexity index is 3300. The second kappa shape index (κ2) is 13.9. The molecule has 0 spiro atoms. The first-order chi connectivity index (χ1) is 31.3. The minimum absolute atomic E-state index is 0.131. The number of hydrogen-bond donors (Lipinski definition) is 0. The van der Waals surface area contributed by atoms with Gasteiger partial charge in [-0.05, 0) is 87.7 Å². The number of pyridine rings is 1. The lowest BCUT2D eigenvalue weighted by Crippen LogP contribution is -2.30. The topological polar surface area (TPSA) is 35.9 Å². The van der Waals surface area contributed by atoms with Crippen molar-refractivity contribution >= 4 is 21.8 Å². The van der Waals surface area contributed by atoms with Gasteiger partial charge in [-0.3, -0.25) is 13.7 Å². The van der Waals surface area contributed by atoms with E-state index >= 15 is 0 Å². The van der Waals surface area contributed by atoms with E-state index in [1.165, 1.54) is 4.57 Å². The smallest absolute Gasteiger partial charge is 0.268 e. The molecule has 3 aromatic heterocycles. The van der Waals surface area contributed by atoms with Crippen LogP contribution in [0, 0.1) is 11.7 Å². The van der Waals surface area contributed by atoms with Crippen LogP contribution in [0.15, 0.2) is 176 Å². The average Bonchev–Trinajstić information content (AvgIpc) is 3.92. The molecule has 0 saturated carbocycles. The third-order valence-electron chi connectivity index (χ3n) is 9.91. The van der Waals surface area contributed by atoms with Gasteiger partial charge in [-0.2, -0.15) is 0 Å². The van der Waals surface area contributed by atoms with Gasteiger partial charge < -0.3 is 4.74 Å². The van der Waals surface area contributed by atoms with Gasteiger partial charge in [0.1, 0.15) is 17.3 Å². The Morgan fingerprint density at radius 3 is 2.13 bits per heavy atom. The van der Waals surface area contributed by atoms with Crippen molar-refractivity contribution < 1.29 is 24.4 Å². The number of hydrogen-bond acceptors (Lipinski definition) is 2. The summed E-state index contributed by atoms with van der Waals surface area (Å²) in [6, 6.07) is 24.6. The first kappa shape index (κ1) is 23.8. The quantitative estimate of drug-likeness (QED) is 0.115. The molecule has 0 amide bonds. The molecule has 5 heteroatoms. The number of nitrogens with zero attached hydrogens (tertiary/aromatic N) is 4. The van der Waals surface area contributed by atoms with E-state index in [0.29, 0.717) is 23.0 Å². The van der Waals surface area contributed by atoms with Gasteiger partial charge in [0.2, 0.25) is 0 Å². The minimum Gasteiger partial charge on any atom is -0.458 e. The summed E-state index contributed by atoms with van der Waals surface area (Å²) in [5.41, 5.74) is 3.18. The molecule has 9 aromatic rings. The minimum atomic E-state index is -0.889. The third-order valence-corrected chi connectivity index (χ3v) is 9.91. The van der Waals surface area contributed by atoms with Crippen molar-refractivity contribution in [2.75, 3.05) is 0 Å². The first-order valence-electron chi connectivity index (χ1n) is 23.4. The molecule has 0 bridgehead atoms. The Balaban J connectivity index is 1.14. The Labute approximate surface area is 337 Å². The zero-order valence-corrected chi connectivity index (χ0v) is 30.7. The van der Waals surface area contributed by atoms with Crippen molar-refractivity contribution in [1.82, 2.24) is 14.1 Å². The molecule has 55 heavy (non-hydrogen) atoms. The van der Waals surface area contributed by atoms with Gasteiger partial charge in [-0.25, -0.2) is 4.98 Å². The van der Waals surface area contributed by atoms with Crippen LogP contribution in [0.4, 0.5) is 0 Å². The van der Waals surface area contributed by atoms with Crippen LogP contribution in [0.2, 0.25) is 0 Å². The van der Waals surface area contributed by atoms with Crippen LogP contribution in [0.3, 0.4) is 0 Å². The molecule has 0 aliphatic carbocycles. The molecule has 0 N–H and O–H groups in total. The molecule has 1 unspecified atom stereocenters. The summed E-state index contributed by atoms with van der Waals surface area (Å²) in [5, 5.41) is 2.04. The molecule has 9 rings (SSSR count). The maximum atomic E-state index is 9.29. The largest absolute Gasteiger partial charge is 0.458 e. The lowest BCUT2D eigenvalue weighted by Gasteiger charge is -2.27. The molecule has 1 atom stereocenters. The number of aromatic nitrogens is 4. The highest BCUT2D eigenvalue weighted by Gasteiger charge is 2.23. The van der Waals surface area contributed by atoms with E-state index in [-0.39, 0.29) is 33.4 Å². The fraction of sp³-hybridized carbons (Fsp3) is 0.120. The van der Waals surface area contributed by atoms with E-state index in [0.717, 1.165) is 27.4 Å². The zero-order valence-electron chi connectivity index (χ0n) is 41.7. The van der Waals surface area contributed by atoms with Crippen LogP contribution in [-0.4, -0.2) is 14.1 Å². The average molecular weight is 726 g/mol. The van der Waals surface area contributed by atoms with Crippen molar-refractivity contribution in [2.45, 2.75) is 33.6 Å². The normalized spacial score (nSPS) is 15.7. The molecular weight excluding hydrogens is 673 g/mol. The van der Waals surface area contributed by atoms with Gasteiger partial charge in [0.25, 0.3) is 6.33 Å². The molecule has 3 heterocycles. The predicted molar refractivity (Wildman–Crippen MR) is 224 cm³/mol. The third kappa shape index (κ3) is 6.48. The van der Waals surface area contributed by atoms with Crippen LogP contribution < -0.4 is 9.30 Å². The van der Waals surface area contributed by atoms with E-state index in [2.05, 4.69) is 37.7 Å². The van der Waals surface area contributed by atoms with Crippen LogP contribution in [-0.2, 0) is 0 Å². The van der Waals surface area contributed by atoms with Crippen LogP contribution in [0.1, 0.15) is 54.2 Å². The summed E-state index contributed by atoms with van der Waals surface area (Å²) in [6.45, 7) is 8.10. The number of fused-ring (bicyclic) bond motifs is 3. The van der Waals surface area contributed by atoms with E-state index in [1.807, 2.05) is 79.7 Å². The fourth-order valence-electron chi connectivity index (χ4n) is 6.86. The lowest BCUT2D eigenvalue weighted by molar-refractivity contribution is -0.598. The number of imidazole rings is 1. The van der Waals surface area contributed by atoms with E-state index in [9.17, 15) is 1.37 Å². The van der Waals surface area contributed by atoms with E-state index in [4.69, 9.17) is 23.4 Å². The number of rotatable bonds is 8. The molecule has 0 fully saturated rings. The fourth-order valence-corrected chi connectivity index (χ4v) is 6.86. The number of para-hydroxylation sites is 2. The molecule has 268 valence electrons. The monoisotopic (exact) mass is 725 g/mol. The van der Waals surface area contributed by atoms with Gasteiger partial charge in [0, 0.05) is 36.8 Å². The van der Waals surface area contributed by atoms with Crippen LogP contribution in [0.5, 0.6) is 11.5 Å². The Kier molecular flexibility index (Phi) is 6.04. The second-order valence-electron chi connectivity index (χ2n) is 14.2. The molecule has 0 aliphatic heterocycles. The molecule has 5 nitrogen and oxygen atoms in total. The molecule has 0 saturated heterocycles. The van der Waals surface area contributed by atoms with Gasteiger partial charge >= 0.3 is 0 Å². The predicted octanol–water partition coefficient (Wildman–Crippen LogP) is 12.3. The first-order valence-corrected chi connectivity index (χ1v) is 17.9. The summed E-state index contributed by atoms with van der Waals surface area (Å²) in [4.78, 5) is 4.79. The summed E-state index contributed by atoms with van der Waals surface area (Å²) >= 11 is 0. The van der Waals surface area contributed by atoms with Crippen LogP contribution in [0.25, 0.3) is 61.3 Å². The standard InChI is InChI=1S/C50H42N4O/c1-35(50(2,3)4)38-27-28-51-48(31-38)54-46-24-12-11-21-44(46)45-26-25-41(33-47(45)54)55-40-20-13-19-39(32-40)52-29-30-53(34-52)49-42(36-15-7-5-8-16-36)22-14-23-43(49)37-17-9-6-10-18-37/h5-33,35H,1-4H3/i5D,6D,7D,8D,9D,10D,15D,16D,17D,18D,35D. The molecule has 0 radical (unpaired) electrons. The Hall–Kier alpha value is -6.72. The maximum absolute atomic E-state index is 9.29. The highest BCUT2D eigenvalue weighted by Crippen LogP contribution is 2.38. The zero-order chi connectivity index (χ0) is 47.1. The highest BCUT2D eigenvalue weighted by atomic mass is 16.5. The van der Waals surface area contributed by atoms with Gasteiger partial charge in [-0.15, -0.1) is 0 Å². The van der Waals surface area contributed by atoms with Gasteiger partial charge in [0.15, 0.2) is 0 Å². The summed E-state index contributed by atoms with van der Waals surface area (Å²) in [6.07, 6.45) is 8.32. The highest BCUT2D eigenvalue weighted by molar-refractivity contribution is 6.09. The van der Waals surface area contributed by atoms with Gasteiger partial charge in [-0.1, -0.05) is 131 Å². The van der Waals surface area contributed by atoms with Crippen molar-refractivity contribution in [3.8, 4) is 50.9 Å². The second-order valence-corrected chi connectivity index (χ2v) is 14.2. The summed E-state index contributed by atoms with van der Waals surface area (Å²) < 4.78 is 107. The van der Waals surface area contributed by atoms with Crippen molar-refractivity contribution in [2.24, 2.45) is 5.41 Å². The number of benzene rings is 6. The Morgan fingerprint density at radius 1 is 0.727 bits per heavy atom. The maximum Gasteiger partial charge on any atom is 0.268 e. The van der Waals surface area contributed by atoms with Crippen molar-refractivity contribution in [3.63, 3.8) is 0 Å². The van der Waals surface area contributed by atoms with E-state index in [1.54, 1.807) is 41.4 Å². The van der Waals surface area contributed by atoms with Crippen molar-refractivity contribution in [3.05, 3.63) is 188 Å². The summed E-state index contributed by atoms with van der Waals surface area (Å²) in [7, 11) is 0. The molecule has 0 aliphatic rings. The molecule has 6 aromatic carbocycles. The van der Waals surface area contributed by atoms with Gasteiger partial charge in [0.05, 0.1) is 36.1 Å². The molecular formula is C50H42N4O. The Morgan fingerprint density at radius 2 is 1.40 bits per heavy atom. The number of ether oxygens (including phenoxy) is 1. The van der Waals surface area contributed by atoms with Crippen molar-refractivity contribution in [1.29, 1.82) is 0 Å². The summed E-state index contributed by atoms with van der Waals surface area (Å²) in [5.74, 6) is 0.847. The van der Waals surface area contributed by atoms with E-state index < -0.39 is 66.3 Å².